The molecule has 88 valence electrons. The van der Waals surface area contributed by atoms with Gasteiger partial charge in [-0.1, -0.05) is 11.8 Å². The van der Waals surface area contributed by atoms with Gasteiger partial charge in [0.15, 0.2) is 5.16 Å². The molecular weight excluding hydrogens is 226 g/mol. The Kier molecular flexibility index (Phi) is 3.50. The number of methoxy groups -OCH3 is 1. The fraction of sp³-hybridized carbons (Fsp3) is 0.600. The molecule has 0 spiro atoms. The van der Waals surface area contributed by atoms with Gasteiger partial charge >= 0.3 is 0 Å². The average Bonchev–Trinajstić information content (AvgIpc) is 2.75. The second-order valence-corrected chi connectivity index (χ2v) is 4.42. The monoisotopic (exact) mass is 241 g/mol. The third-order valence-corrected chi connectivity index (χ3v) is 3.10. The maximum Gasteiger partial charge on any atom is 0.219 e. The molecule has 1 aliphatic rings. The molecule has 1 fully saturated rings. The third kappa shape index (κ3) is 2.38. The predicted octanol–water partition coefficient (Wildman–Crippen LogP) is 0.778. The van der Waals surface area contributed by atoms with E-state index in [-0.39, 0.29) is 6.10 Å². The average molecular weight is 241 g/mol. The van der Waals surface area contributed by atoms with Crippen molar-refractivity contribution in [2.75, 3.05) is 31.4 Å². The third-order valence-electron chi connectivity index (χ3n) is 2.55. The zero-order valence-electron chi connectivity index (χ0n) is 9.38. The molecule has 0 radical (unpaired) electrons. The molecule has 1 aliphatic heterocycles. The zero-order valence-corrected chi connectivity index (χ0v) is 10.2. The van der Waals surface area contributed by atoms with Gasteiger partial charge in [-0.2, -0.15) is 4.98 Å². The van der Waals surface area contributed by atoms with E-state index in [1.165, 1.54) is 11.8 Å². The van der Waals surface area contributed by atoms with Gasteiger partial charge < -0.3 is 14.7 Å². The summed E-state index contributed by atoms with van der Waals surface area (Å²) in [5.41, 5.74) is 0. The van der Waals surface area contributed by atoms with Crippen molar-refractivity contribution in [3.63, 3.8) is 0 Å². The molecule has 1 aromatic rings. The van der Waals surface area contributed by atoms with Crippen LogP contribution in [0.15, 0.2) is 11.2 Å². The molecule has 1 aromatic heterocycles. The van der Waals surface area contributed by atoms with Gasteiger partial charge in [0.1, 0.15) is 5.82 Å². The van der Waals surface area contributed by atoms with Gasteiger partial charge in [-0.05, 0) is 12.7 Å². The van der Waals surface area contributed by atoms with Crippen molar-refractivity contribution in [2.24, 2.45) is 0 Å². The second-order valence-electron chi connectivity index (χ2n) is 3.64. The molecule has 2 rings (SSSR count). The number of ether oxygens (including phenoxy) is 1. The van der Waals surface area contributed by atoms with Crippen molar-refractivity contribution in [2.45, 2.75) is 17.7 Å². The first kappa shape index (κ1) is 11.5. The van der Waals surface area contributed by atoms with Crippen LogP contribution in [-0.2, 0) is 0 Å². The van der Waals surface area contributed by atoms with Gasteiger partial charge in [-0.15, -0.1) is 0 Å². The summed E-state index contributed by atoms with van der Waals surface area (Å²) in [4.78, 5) is 10.7. The lowest BCUT2D eigenvalue weighted by atomic mass is 10.3. The zero-order chi connectivity index (χ0) is 11.5. The van der Waals surface area contributed by atoms with Gasteiger partial charge in [-0.3, -0.25) is 0 Å². The van der Waals surface area contributed by atoms with Gasteiger partial charge in [0.25, 0.3) is 0 Å². The molecule has 1 N–H and O–H groups in total. The Balaban J connectivity index is 2.25. The Labute approximate surface area is 98.8 Å². The molecule has 2 heterocycles. The highest BCUT2D eigenvalue weighted by molar-refractivity contribution is 7.98. The Morgan fingerprint density at radius 3 is 2.94 bits per heavy atom. The quantitative estimate of drug-likeness (QED) is 0.623. The summed E-state index contributed by atoms with van der Waals surface area (Å²) in [5.74, 6) is 1.39. The number of β-amino-alcohol motifs (C(OH)–C–C–N with tert-alkyl or cyclic N) is 1. The van der Waals surface area contributed by atoms with Crippen LogP contribution in [0, 0.1) is 0 Å². The largest absolute Gasteiger partial charge is 0.481 e. The van der Waals surface area contributed by atoms with Crippen molar-refractivity contribution in [3.8, 4) is 5.88 Å². The molecule has 0 aliphatic carbocycles. The number of aliphatic hydroxyl groups is 1. The van der Waals surface area contributed by atoms with Gasteiger partial charge in [-0.25, -0.2) is 4.98 Å². The lowest BCUT2D eigenvalue weighted by Gasteiger charge is -2.17. The Bertz CT molecular complexity index is 353. The van der Waals surface area contributed by atoms with Crippen LogP contribution in [0.5, 0.6) is 5.88 Å². The Morgan fingerprint density at radius 1 is 1.56 bits per heavy atom. The number of nitrogens with zero attached hydrogens (tertiary/aromatic N) is 3. The summed E-state index contributed by atoms with van der Waals surface area (Å²) < 4.78 is 5.13. The smallest absolute Gasteiger partial charge is 0.219 e. The van der Waals surface area contributed by atoms with Crippen molar-refractivity contribution in [1.29, 1.82) is 0 Å². The van der Waals surface area contributed by atoms with Crippen molar-refractivity contribution >= 4 is 17.6 Å². The normalized spacial score (nSPS) is 20.2. The number of anilines is 1. The molecule has 16 heavy (non-hydrogen) atoms. The van der Waals surface area contributed by atoms with E-state index in [2.05, 4.69) is 14.9 Å². The van der Waals surface area contributed by atoms with E-state index in [4.69, 9.17) is 4.74 Å². The van der Waals surface area contributed by atoms with Crippen molar-refractivity contribution < 1.29 is 9.84 Å². The van der Waals surface area contributed by atoms with Crippen molar-refractivity contribution in [3.05, 3.63) is 6.07 Å². The highest BCUT2D eigenvalue weighted by Crippen LogP contribution is 2.24. The van der Waals surface area contributed by atoms with Crippen LogP contribution < -0.4 is 9.64 Å². The van der Waals surface area contributed by atoms with E-state index in [9.17, 15) is 5.11 Å². The minimum absolute atomic E-state index is 0.251. The van der Waals surface area contributed by atoms with E-state index in [1.807, 2.05) is 6.26 Å². The van der Waals surface area contributed by atoms with Gasteiger partial charge in [0.2, 0.25) is 5.88 Å². The van der Waals surface area contributed by atoms with Crippen LogP contribution in [0.25, 0.3) is 0 Å². The van der Waals surface area contributed by atoms with E-state index in [1.54, 1.807) is 13.2 Å². The standard InChI is InChI=1S/C10H15N3O2S/c1-15-9-5-8(11-10(12-9)16-2)13-4-3-7(14)6-13/h5,7,14H,3-4,6H2,1-2H3/t7-/m0/s1. The molecule has 5 nitrogen and oxygen atoms in total. The highest BCUT2D eigenvalue weighted by atomic mass is 32.2. The van der Waals surface area contributed by atoms with E-state index < -0.39 is 0 Å². The molecular formula is C10H15N3O2S. The SMILES string of the molecule is COc1cc(N2CC[C@H](O)C2)nc(SC)n1. The van der Waals surface area contributed by atoms with Crippen LogP contribution in [0.4, 0.5) is 5.82 Å². The van der Waals surface area contributed by atoms with E-state index in [0.717, 1.165) is 18.8 Å². The fourth-order valence-corrected chi connectivity index (χ4v) is 2.07. The highest BCUT2D eigenvalue weighted by Gasteiger charge is 2.22. The first-order valence-corrected chi connectivity index (χ1v) is 6.35. The molecule has 6 heteroatoms. The second kappa shape index (κ2) is 4.88. The summed E-state index contributed by atoms with van der Waals surface area (Å²) in [6.07, 6.45) is 2.47. The summed E-state index contributed by atoms with van der Waals surface area (Å²) in [5, 5.41) is 10.2. The van der Waals surface area contributed by atoms with Gasteiger partial charge in [0.05, 0.1) is 13.2 Å². The van der Waals surface area contributed by atoms with E-state index >= 15 is 0 Å². The van der Waals surface area contributed by atoms with Crippen LogP contribution >= 0.6 is 11.8 Å². The maximum absolute atomic E-state index is 9.49. The number of rotatable bonds is 3. The minimum atomic E-state index is -0.251. The Morgan fingerprint density at radius 2 is 2.38 bits per heavy atom. The van der Waals surface area contributed by atoms with E-state index in [0.29, 0.717) is 17.6 Å². The maximum atomic E-state index is 9.49. The van der Waals surface area contributed by atoms with Crippen LogP contribution in [0.1, 0.15) is 6.42 Å². The van der Waals surface area contributed by atoms with Crippen LogP contribution in [-0.4, -0.2) is 47.6 Å². The number of aromatic nitrogens is 2. The number of hydrogen-bond acceptors (Lipinski definition) is 6. The van der Waals surface area contributed by atoms with Gasteiger partial charge in [0, 0.05) is 19.2 Å². The summed E-state index contributed by atoms with van der Waals surface area (Å²) in [6.45, 7) is 1.46. The first-order valence-electron chi connectivity index (χ1n) is 5.13. The lowest BCUT2D eigenvalue weighted by Crippen LogP contribution is -2.22. The van der Waals surface area contributed by atoms with Crippen LogP contribution in [0.2, 0.25) is 0 Å². The number of thioether (sulfide) groups is 1. The number of aliphatic hydroxyl groups excluding tert-OH is 1. The summed E-state index contributed by atoms with van der Waals surface area (Å²) >= 11 is 1.48. The van der Waals surface area contributed by atoms with Crippen molar-refractivity contribution in [1.82, 2.24) is 9.97 Å². The summed E-state index contributed by atoms with van der Waals surface area (Å²) in [7, 11) is 1.59. The molecule has 0 saturated carbocycles. The number of hydrogen-bond donors (Lipinski definition) is 1. The summed E-state index contributed by atoms with van der Waals surface area (Å²) in [6, 6.07) is 1.80. The molecule has 0 bridgehead atoms. The van der Waals surface area contributed by atoms with Crippen LogP contribution in [0.3, 0.4) is 0 Å². The lowest BCUT2D eigenvalue weighted by molar-refractivity contribution is 0.198. The molecule has 0 unspecified atom stereocenters. The Hall–Kier alpha value is -1.01. The molecule has 0 aromatic carbocycles. The topological polar surface area (TPSA) is 58.5 Å². The molecule has 1 atom stereocenters. The first-order chi connectivity index (χ1) is 7.72. The molecule has 1 saturated heterocycles. The predicted molar refractivity (Wildman–Crippen MR) is 63.2 cm³/mol. The fourth-order valence-electron chi connectivity index (χ4n) is 1.70. The minimum Gasteiger partial charge on any atom is -0.481 e. The molecule has 0 amide bonds.